The third kappa shape index (κ3) is 2.23. The number of carbonyl (C=O) groups excluding carboxylic acids is 1. The monoisotopic (exact) mass is 231 g/mol. The van der Waals surface area contributed by atoms with Gasteiger partial charge in [-0.15, -0.1) is 0 Å². The van der Waals surface area contributed by atoms with Gasteiger partial charge in [-0.05, 0) is 12.8 Å². The van der Waals surface area contributed by atoms with E-state index in [0.29, 0.717) is 25.9 Å². The molecule has 5 heteroatoms. The molecule has 1 aliphatic carbocycles. The molecule has 1 saturated heterocycles. The Balaban J connectivity index is 2.05. The standard InChI is InChI=1S/C10H17NO3S/c12-9-5-7-11(8-6-9)15(13,14)10-3-1-2-4-10/h10H,1-8H2. The highest BCUT2D eigenvalue weighted by Gasteiger charge is 2.35. The Kier molecular flexibility index (Phi) is 3.11. The molecular formula is C10H17NO3S. The normalized spacial score (nSPS) is 26.0. The van der Waals surface area contributed by atoms with Gasteiger partial charge in [-0.3, -0.25) is 4.79 Å². The van der Waals surface area contributed by atoms with Gasteiger partial charge in [0.05, 0.1) is 5.25 Å². The number of hydrogen-bond donors (Lipinski definition) is 0. The van der Waals surface area contributed by atoms with Crippen molar-refractivity contribution in [3.8, 4) is 0 Å². The van der Waals surface area contributed by atoms with Crippen LogP contribution in [-0.2, 0) is 14.8 Å². The minimum Gasteiger partial charge on any atom is -0.300 e. The minimum absolute atomic E-state index is 0.175. The first-order valence-corrected chi connectivity index (χ1v) is 7.12. The fourth-order valence-corrected chi connectivity index (χ4v) is 4.43. The lowest BCUT2D eigenvalue weighted by Crippen LogP contribution is -2.42. The van der Waals surface area contributed by atoms with Crippen LogP contribution in [0.5, 0.6) is 0 Å². The average molecular weight is 231 g/mol. The molecule has 4 nitrogen and oxygen atoms in total. The quantitative estimate of drug-likeness (QED) is 0.710. The molecule has 0 radical (unpaired) electrons. The second-order valence-corrected chi connectivity index (χ2v) is 6.60. The summed E-state index contributed by atoms with van der Waals surface area (Å²) in [6.07, 6.45) is 4.44. The lowest BCUT2D eigenvalue weighted by Gasteiger charge is -2.28. The van der Waals surface area contributed by atoms with E-state index in [1.165, 1.54) is 4.31 Å². The molecule has 1 heterocycles. The highest BCUT2D eigenvalue weighted by atomic mass is 32.2. The van der Waals surface area contributed by atoms with Gasteiger partial charge in [0.15, 0.2) is 0 Å². The molecule has 0 atom stereocenters. The Bertz CT molecular complexity index is 334. The van der Waals surface area contributed by atoms with Gasteiger partial charge in [0.2, 0.25) is 10.0 Å². The molecule has 0 unspecified atom stereocenters. The summed E-state index contributed by atoms with van der Waals surface area (Å²) in [6.45, 7) is 0.801. The van der Waals surface area contributed by atoms with E-state index in [2.05, 4.69) is 0 Å². The van der Waals surface area contributed by atoms with E-state index >= 15 is 0 Å². The van der Waals surface area contributed by atoms with Crippen molar-refractivity contribution >= 4 is 15.8 Å². The molecule has 1 aliphatic heterocycles. The summed E-state index contributed by atoms with van der Waals surface area (Å²) in [5.41, 5.74) is 0. The van der Waals surface area contributed by atoms with Crippen molar-refractivity contribution in [3.05, 3.63) is 0 Å². The highest BCUT2D eigenvalue weighted by molar-refractivity contribution is 7.89. The predicted octanol–water partition coefficient (Wildman–Crippen LogP) is 0.924. The number of carbonyl (C=O) groups is 1. The minimum atomic E-state index is -3.10. The third-order valence-electron chi connectivity index (χ3n) is 3.36. The summed E-state index contributed by atoms with van der Waals surface area (Å²) in [5.74, 6) is 0.188. The van der Waals surface area contributed by atoms with Crippen LogP contribution in [0.25, 0.3) is 0 Å². The number of hydrogen-bond acceptors (Lipinski definition) is 3. The Morgan fingerprint density at radius 1 is 1.07 bits per heavy atom. The second kappa shape index (κ2) is 4.22. The largest absolute Gasteiger partial charge is 0.300 e. The smallest absolute Gasteiger partial charge is 0.217 e. The third-order valence-corrected chi connectivity index (χ3v) is 5.76. The van der Waals surface area contributed by atoms with Crippen molar-refractivity contribution in [2.45, 2.75) is 43.8 Å². The van der Waals surface area contributed by atoms with Crippen LogP contribution in [0.3, 0.4) is 0 Å². The molecule has 0 aromatic heterocycles. The number of ketones is 1. The Morgan fingerprint density at radius 3 is 2.13 bits per heavy atom. The molecule has 1 saturated carbocycles. The Morgan fingerprint density at radius 2 is 1.60 bits per heavy atom. The van der Waals surface area contributed by atoms with Crippen molar-refractivity contribution in [1.29, 1.82) is 0 Å². The molecule has 0 aromatic rings. The molecule has 0 aromatic carbocycles. The van der Waals surface area contributed by atoms with E-state index in [0.717, 1.165) is 25.7 Å². The van der Waals surface area contributed by atoms with Gasteiger partial charge in [0.25, 0.3) is 0 Å². The number of nitrogens with zero attached hydrogens (tertiary/aromatic N) is 1. The lowest BCUT2D eigenvalue weighted by atomic mass is 10.1. The summed E-state index contributed by atoms with van der Waals surface area (Å²) < 4.78 is 25.7. The van der Waals surface area contributed by atoms with Crippen LogP contribution in [-0.4, -0.2) is 36.8 Å². The first-order chi connectivity index (χ1) is 7.10. The van der Waals surface area contributed by atoms with Crippen LogP contribution < -0.4 is 0 Å². The average Bonchev–Trinajstić information content (AvgIpc) is 2.71. The van der Waals surface area contributed by atoms with Crippen LogP contribution >= 0.6 is 0 Å². The van der Waals surface area contributed by atoms with Crippen LogP contribution in [0.2, 0.25) is 0 Å². The highest BCUT2D eigenvalue weighted by Crippen LogP contribution is 2.28. The van der Waals surface area contributed by atoms with Gasteiger partial charge in [0, 0.05) is 25.9 Å². The van der Waals surface area contributed by atoms with Crippen molar-refractivity contribution in [3.63, 3.8) is 0 Å². The van der Waals surface area contributed by atoms with Gasteiger partial charge in [-0.2, -0.15) is 0 Å². The molecule has 0 spiro atoms. The van der Waals surface area contributed by atoms with Crippen molar-refractivity contribution in [2.24, 2.45) is 0 Å². The maximum atomic E-state index is 12.1. The number of sulfonamides is 1. The van der Waals surface area contributed by atoms with E-state index < -0.39 is 10.0 Å². The Hall–Kier alpha value is -0.420. The molecule has 0 amide bonds. The van der Waals surface area contributed by atoms with Crippen LogP contribution in [0, 0.1) is 0 Å². The molecule has 0 N–H and O–H groups in total. The summed E-state index contributed by atoms with van der Waals surface area (Å²) in [6, 6.07) is 0. The zero-order chi connectivity index (χ0) is 10.9. The fraction of sp³-hybridized carbons (Fsp3) is 0.900. The number of rotatable bonds is 2. The van der Waals surface area contributed by atoms with Gasteiger partial charge in [-0.25, -0.2) is 12.7 Å². The van der Waals surface area contributed by atoms with Gasteiger partial charge >= 0.3 is 0 Å². The first-order valence-electron chi connectivity index (χ1n) is 5.61. The Labute approximate surface area is 90.7 Å². The summed E-state index contributed by atoms with van der Waals surface area (Å²) in [5, 5.41) is -0.175. The fourth-order valence-electron chi connectivity index (χ4n) is 2.39. The van der Waals surface area contributed by atoms with E-state index in [4.69, 9.17) is 0 Å². The SMILES string of the molecule is O=C1CCN(S(=O)(=O)C2CCCC2)CC1. The van der Waals surface area contributed by atoms with E-state index in [1.54, 1.807) is 0 Å². The van der Waals surface area contributed by atoms with E-state index in [9.17, 15) is 13.2 Å². The number of Topliss-reactive ketones (excluding diaryl/α,β-unsaturated/α-hetero) is 1. The predicted molar refractivity (Wildman–Crippen MR) is 57.0 cm³/mol. The molecule has 2 rings (SSSR count). The van der Waals surface area contributed by atoms with Crippen molar-refractivity contribution < 1.29 is 13.2 Å². The topological polar surface area (TPSA) is 54.5 Å². The summed E-state index contributed by atoms with van der Waals surface area (Å²) >= 11 is 0. The second-order valence-electron chi connectivity index (χ2n) is 4.39. The summed E-state index contributed by atoms with van der Waals surface area (Å²) in [4.78, 5) is 11.0. The van der Waals surface area contributed by atoms with Crippen LogP contribution in [0.1, 0.15) is 38.5 Å². The molecule has 0 bridgehead atoms. The van der Waals surface area contributed by atoms with Gasteiger partial charge < -0.3 is 0 Å². The van der Waals surface area contributed by atoms with Crippen molar-refractivity contribution in [1.82, 2.24) is 4.31 Å². The zero-order valence-electron chi connectivity index (χ0n) is 8.81. The van der Waals surface area contributed by atoms with Crippen LogP contribution in [0.15, 0.2) is 0 Å². The maximum absolute atomic E-state index is 12.1. The molecule has 86 valence electrons. The van der Waals surface area contributed by atoms with E-state index in [-0.39, 0.29) is 11.0 Å². The zero-order valence-corrected chi connectivity index (χ0v) is 9.63. The molecular weight excluding hydrogens is 214 g/mol. The van der Waals surface area contributed by atoms with Crippen LogP contribution in [0.4, 0.5) is 0 Å². The molecule has 2 fully saturated rings. The molecule has 15 heavy (non-hydrogen) atoms. The maximum Gasteiger partial charge on any atom is 0.217 e. The lowest BCUT2D eigenvalue weighted by molar-refractivity contribution is -0.120. The van der Waals surface area contributed by atoms with Gasteiger partial charge in [0.1, 0.15) is 5.78 Å². The molecule has 2 aliphatic rings. The first kappa shape index (κ1) is 11.1. The van der Waals surface area contributed by atoms with Gasteiger partial charge in [-0.1, -0.05) is 12.8 Å². The summed E-state index contributed by atoms with van der Waals surface area (Å²) in [7, 11) is -3.10. The van der Waals surface area contributed by atoms with E-state index in [1.807, 2.05) is 0 Å². The van der Waals surface area contributed by atoms with Crippen molar-refractivity contribution in [2.75, 3.05) is 13.1 Å². The number of piperidine rings is 1.